The number of amides is 1. The molecule has 21 heavy (non-hydrogen) atoms. The Morgan fingerprint density at radius 3 is 2.95 bits per heavy atom. The first kappa shape index (κ1) is 15.8. The first-order valence-corrected chi connectivity index (χ1v) is 7.94. The van der Waals surface area contributed by atoms with Crippen LogP contribution >= 0.6 is 11.8 Å². The molecule has 2 atom stereocenters. The molecule has 1 aromatic rings. The Bertz CT molecular complexity index is 553. The minimum Gasteiger partial charge on any atom is -0.348 e. The fourth-order valence-electron chi connectivity index (χ4n) is 2.55. The highest BCUT2D eigenvalue weighted by Gasteiger charge is 2.29. The molecule has 1 aliphatic rings. The molecule has 7 heteroatoms. The predicted octanol–water partition coefficient (Wildman–Crippen LogP) is 3.14. The lowest BCUT2D eigenvalue weighted by Crippen LogP contribution is -2.38. The highest BCUT2D eigenvalue weighted by molar-refractivity contribution is 7.99. The number of hydrogen-bond donors (Lipinski definition) is 1. The van der Waals surface area contributed by atoms with E-state index in [1.165, 1.54) is 6.07 Å². The van der Waals surface area contributed by atoms with E-state index in [2.05, 4.69) is 12.2 Å². The summed E-state index contributed by atoms with van der Waals surface area (Å²) in [6.07, 6.45) is 3.03. The van der Waals surface area contributed by atoms with Gasteiger partial charge in [0.05, 0.1) is 4.92 Å². The van der Waals surface area contributed by atoms with Crippen LogP contribution in [0.25, 0.3) is 0 Å². The molecule has 0 spiro atoms. The van der Waals surface area contributed by atoms with Crippen molar-refractivity contribution in [3.05, 3.63) is 39.7 Å². The fourth-order valence-corrected chi connectivity index (χ4v) is 3.75. The van der Waals surface area contributed by atoms with Gasteiger partial charge in [0, 0.05) is 22.9 Å². The van der Waals surface area contributed by atoms with Gasteiger partial charge >= 0.3 is 5.69 Å². The van der Waals surface area contributed by atoms with Crippen LogP contribution < -0.4 is 5.32 Å². The van der Waals surface area contributed by atoms with E-state index in [1.54, 1.807) is 0 Å². The zero-order valence-electron chi connectivity index (χ0n) is 11.7. The monoisotopic (exact) mass is 312 g/mol. The number of rotatable bonds is 5. The molecule has 1 aromatic carbocycles. The van der Waals surface area contributed by atoms with E-state index in [0.717, 1.165) is 37.1 Å². The highest BCUT2D eigenvalue weighted by Crippen LogP contribution is 2.30. The van der Waals surface area contributed by atoms with Crippen molar-refractivity contribution in [1.29, 1.82) is 0 Å². The number of halogens is 1. The summed E-state index contributed by atoms with van der Waals surface area (Å²) < 4.78 is 13.3. The van der Waals surface area contributed by atoms with Crippen LogP contribution in [0.3, 0.4) is 0 Å². The lowest BCUT2D eigenvalue weighted by atomic mass is 10.1. The normalized spacial score (nSPS) is 21.2. The topological polar surface area (TPSA) is 72.2 Å². The van der Waals surface area contributed by atoms with E-state index in [1.807, 2.05) is 11.8 Å². The second kappa shape index (κ2) is 6.89. The van der Waals surface area contributed by atoms with E-state index >= 15 is 0 Å². The average molecular weight is 312 g/mol. The average Bonchev–Trinajstić information content (AvgIpc) is 2.86. The van der Waals surface area contributed by atoms with Crippen molar-refractivity contribution >= 4 is 23.4 Å². The number of carbonyl (C=O) groups excluding carboxylic acids is 1. The summed E-state index contributed by atoms with van der Waals surface area (Å²) in [5.74, 6) is -0.331. The lowest BCUT2D eigenvalue weighted by molar-refractivity contribution is -0.387. The third-order valence-corrected chi connectivity index (χ3v) is 4.88. The molecule has 114 valence electrons. The van der Waals surface area contributed by atoms with E-state index in [9.17, 15) is 19.3 Å². The number of carbonyl (C=O) groups is 1. The molecule has 0 radical (unpaired) electrons. The molecule has 0 heterocycles. The van der Waals surface area contributed by atoms with Crippen LogP contribution in [0.1, 0.15) is 36.5 Å². The van der Waals surface area contributed by atoms with Gasteiger partial charge in [-0.1, -0.05) is 13.3 Å². The van der Waals surface area contributed by atoms with Gasteiger partial charge in [-0.3, -0.25) is 14.9 Å². The summed E-state index contributed by atoms with van der Waals surface area (Å²) in [6, 6.07) is 3.29. The minimum atomic E-state index is -0.933. The van der Waals surface area contributed by atoms with Crippen LogP contribution in [0.2, 0.25) is 0 Å². The van der Waals surface area contributed by atoms with Crippen molar-refractivity contribution in [3.63, 3.8) is 0 Å². The molecule has 0 bridgehead atoms. The van der Waals surface area contributed by atoms with Gasteiger partial charge in [0.15, 0.2) is 0 Å². The molecule has 1 fully saturated rings. The third-order valence-electron chi connectivity index (χ3n) is 3.55. The fraction of sp³-hybridized carbons (Fsp3) is 0.500. The Balaban J connectivity index is 2.10. The minimum absolute atomic E-state index is 0.0755. The highest BCUT2D eigenvalue weighted by atomic mass is 32.2. The summed E-state index contributed by atoms with van der Waals surface area (Å²) in [5, 5.41) is 14.0. The van der Waals surface area contributed by atoms with Gasteiger partial charge < -0.3 is 5.32 Å². The maximum absolute atomic E-state index is 13.3. The van der Waals surface area contributed by atoms with Crippen molar-refractivity contribution in [2.75, 3.05) is 5.75 Å². The van der Waals surface area contributed by atoms with Crippen molar-refractivity contribution in [3.8, 4) is 0 Å². The van der Waals surface area contributed by atoms with Gasteiger partial charge in [-0.25, -0.2) is 0 Å². The Labute approximate surface area is 126 Å². The summed E-state index contributed by atoms with van der Waals surface area (Å²) in [5.41, 5.74) is -0.552. The van der Waals surface area contributed by atoms with E-state index in [-0.39, 0.29) is 17.5 Å². The van der Waals surface area contributed by atoms with Crippen molar-refractivity contribution in [2.24, 2.45) is 0 Å². The number of nitrogens with zero attached hydrogens (tertiary/aromatic N) is 1. The molecule has 5 nitrogen and oxygen atoms in total. The third kappa shape index (κ3) is 3.72. The van der Waals surface area contributed by atoms with Crippen LogP contribution in [-0.2, 0) is 0 Å². The maximum Gasteiger partial charge on any atom is 0.305 e. The van der Waals surface area contributed by atoms with Gasteiger partial charge in [-0.15, -0.1) is 0 Å². The van der Waals surface area contributed by atoms with Crippen molar-refractivity contribution in [2.45, 2.75) is 37.5 Å². The zero-order chi connectivity index (χ0) is 15.4. The summed E-state index contributed by atoms with van der Waals surface area (Å²) in [7, 11) is 0. The second-order valence-electron chi connectivity index (χ2n) is 4.93. The second-order valence-corrected chi connectivity index (χ2v) is 6.44. The smallest absolute Gasteiger partial charge is 0.305 e. The quantitative estimate of drug-likeness (QED) is 0.669. The summed E-state index contributed by atoms with van der Waals surface area (Å²) in [4.78, 5) is 22.1. The molecule has 0 aromatic heterocycles. The van der Waals surface area contributed by atoms with Crippen LogP contribution in [-0.4, -0.2) is 27.9 Å². The van der Waals surface area contributed by atoms with Crippen LogP contribution in [0.4, 0.5) is 10.1 Å². The number of thioether (sulfide) groups is 1. The van der Waals surface area contributed by atoms with Crippen molar-refractivity contribution in [1.82, 2.24) is 5.32 Å². The molecule has 1 amide bonds. The Morgan fingerprint density at radius 1 is 1.52 bits per heavy atom. The first-order chi connectivity index (χ1) is 10.0. The van der Waals surface area contributed by atoms with Crippen LogP contribution in [0.15, 0.2) is 18.2 Å². The van der Waals surface area contributed by atoms with Gasteiger partial charge in [-0.2, -0.15) is 16.2 Å². The van der Waals surface area contributed by atoms with Gasteiger partial charge in [0.1, 0.15) is 0 Å². The standard InChI is InChI=1S/C14H17FN2O3S/c1-2-21-13-5-3-4-11(13)16-14(18)9-6-7-10(15)12(8-9)17(19)20/h6-8,11,13H,2-5H2,1H3,(H,16,18). The SMILES string of the molecule is CCSC1CCCC1NC(=O)c1ccc(F)c([N+](=O)[O-])c1. The number of hydrogen-bond acceptors (Lipinski definition) is 4. The molecule has 2 rings (SSSR count). The molecule has 0 saturated heterocycles. The Hall–Kier alpha value is -1.63. The Kier molecular flexibility index (Phi) is 5.17. The first-order valence-electron chi connectivity index (χ1n) is 6.89. The van der Waals surface area contributed by atoms with E-state index in [0.29, 0.717) is 5.25 Å². The van der Waals surface area contributed by atoms with Crippen LogP contribution in [0, 0.1) is 15.9 Å². The predicted molar refractivity (Wildman–Crippen MR) is 80.1 cm³/mol. The van der Waals surface area contributed by atoms with Crippen LogP contribution in [0.5, 0.6) is 0 Å². The molecular formula is C14H17FN2O3S. The largest absolute Gasteiger partial charge is 0.348 e. The van der Waals surface area contributed by atoms with E-state index < -0.39 is 16.4 Å². The number of nitro groups is 1. The van der Waals surface area contributed by atoms with Gasteiger partial charge in [0.25, 0.3) is 5.91 Å². The molecular weight excluding hydrogens is 295 g/mol. The zero-order valence-corrected chi connectivity index (χ0v) is 12.5. The lowest BCUT2D eigenvalue weighted by Gasteiger charge is -2.20. The molecule has 1 N–H and O–H groups in total. The summed E-state index contributed by atoms with van der Waals surface area (Å²) >= 11 is 1.81. The van der Waals surface area contributed by atoms with Gasteiger partial charge in [0.2, 0.25) is 5.82 Å². The number of nitrogens with one attached hydrogen (secondary N) is 1. The maximum atomic E-state index is 13.3. The number of nitro benzene ring substituents is 1. The summed E-state index contributed by atoms with van der Waals surface area (Å²) in [6.45, 7) is 2.07. The van der Waals surface area contributed by atoms with Crippen molar-refractivity contribution < 1.29 is 14.1 Å². The molecule has 0 aliphatic heterocycles. The molecule has 2 unspecified atom stereocenters. The number of benzene rings is 1. The molecule has 1 saturated carbocycles. The van der Waals surface area contributed by atoms with Gasteiger partial charge in [-0.05, 0) is 30.7 Å². The Morgan fingerprint density at radius 2 is 2.29 bits per heavy atom. The molecule has 1 aliphatic carbocycles. The van der Waals surface area contributed by atoms with E-state index in [4.69, 9.17) is 0 Å².